The molecule has 2 unspecified atom stereocenters. The van der Waals surface area contributed by atoms with Crippen molar-refractivity contribution >= 4 is 17.4 Å². The molecule has 5 rings (SSSR count). The average Bonchev–Trinajstić information content (AvgIpc) is 3.51. The molecule has 0 bridgehead atoms. The van der Waals surface area contributed by atoms with Crippen LogP contribution in [0.15, 0.2) is 78.4 Å². The van der Waals surface area contributed by atoms with Gasteiger partial charge in [-0.15, -0.1) is 0 Å². The average molecular weight is 502 g/mol. The van der Waals surface area contributed by atoms with Gasteiger partial charge >= 0.3 is 0 Å². The van der Waals surface area contributed by atoms with E-state index in [1.54, 1.807) is 30.3 Å². The fourth-order valence-corrected chi connectivity index (χ4v) is 4.95. The monoisotopic (exact) mass is 501 g/mol. The first-order valence-corrected chi connectivity index (χ1v) is 12.4. The molecular formula is C30H28FNO5. The number of Topliss-reactive ketones (excluding diaryl/α,β-unsaturated/α-hetero) is 1. The Labute approximate surface area is 214 Å². The number of halogens is 1. The summed E-state index contributed by atoms with van der Waals surface area (Å²) < 4.78 is 26.6. The zero-order valence-electron chi connectivity index (χ0n) is 20.5. The van der Waals surface area contributed by atoms with E-state index in [9.17, 15) is 19.1 Å². The summed E-state index contributed by atoms with van der Waals surface area (Å²) in [5.41, 5.74) is 2.13. The van der Waals surface area contributed by atoms with Gasteiger partial charge in [-0.2, -0.15) is 0 Å². The number of aryl methyl sites for hydroxylation is 1. The first-order valence-electron chi connectivity index (χ1n) is 12.4. The maximum absolute atomic E-state index is 15.0. The second kappa shape index (κ2) is 10.6. The largest absolute Gasteiger partial charge is 0.507 e. The van der Waals surface area contributed by atoms with Crippen LogP contribution in [-0.2, 0) is 20.9 Å². The number of rotatable bonds is 7. The minimum atomic E-state index is -1.06. The highest BCUT2D eigenvalue weighted by Crippen LogP contribution is 2.41. The van der Waals surface area contributed by atoms with Gasteiger partial charge in [-0.1, -0.05) is 48.5 Å². The summed E-state index contributed by atoms with van der Waals surface area (Å²) in [6, 6.07) is 19.7. The number of aliphatic hydroxyl groups excluding tert-OH is 1. The van der Waals surface area contributed by atoms with E-state index in [-0.39, 0.29) is 29.5 Å². The Bertz CT molecular complexity index is 1350. The van der Waals surface area contributed by atoms with Crippen LogP contribution in [0.4, 0.5) is 4.39 Å². The van der Waals surface area contributed by atoms with Crippen molar-refractivity contribution in [1.82, 2.24) is 4.90 Å². The number of amides is 1. The number of likely N-dealkylation sites (tertiary alicyclic amines) is 1. The van der Waals surface area contributed by atoms with Crippen LogP contribution in [-0.4, -0.2) is 41.0 Å². The highest BCUT2D eigenvalue weighted by Gasteiger charge is 2.47. The molecular weight excluding hydrogens is 473 g/mol. The van der Waals surface area contributed by atoms with Gasteiger partial charge in [-0.3, -0.25) is 9.59 Å². The molecule has 1 amide bonds. The molecule has 190 valence electrons. The standard InChI is InChI=1S/C30H28FNO5/c1-19-16-21(13-14-25(19)37-18-20-8-3-2-4-9-20)28(33)26-27(23-11-5-6-12-24(23)31)32(30(35)29(26)34)17-22-10-7-15-36-22/h2-6,8-9,11-14,16,22,27,33H,7,10,15,17-18H2,1H3/b28-26+. The summed E-state index contributed by atoms with van der Waals surface area (Å²) in [5, 5.41) is 11.3. The number of ketones is 1. The SMILES string of the molecule is Cc1cc(/C(O)=C2\C(=O)C(=O)N(CC3CCCO3)C2c2ccccc2F)ccc1OCc1ccccc1. The maximum Gasteiger partial charge on any atom is 0.295 e. The van der Waals surface area contributed by atoms with Crippen molar-refractivity contribution in [3.8, 4) is 5.75 Å². The lowest BCUT2D eigenvalue weighted by Gasteiger charge is -2.27. The topological polar surface area (TPSA) is 76.1 Å². The van der Waals surface area contributed by atoms with E-state index in [1.165, 1.54) is 17.0 Å². The number of aliphatic hydroxyl groups is 1. The van der Waals surface area contributed by atoms with Gasteiger partial charge in [0.1, 0.15) is 23.9 Å². The molecule has 0 aromatic heterocycles. The van der Waals surface area contributed by atoms with E-state index >= 15 is 0 Å². The highest BCUT2D eigenvalue weighted by molar-refractivity contribution is 6.46. The minimum absolute atomic E-state index is 0.134. The Morgan fingerprint density at radius 1 is 1.08 bits per heavy atom. The zero-order valence-corrected chi connectivity index (χ0v) is 20.5. The molecule has 6 nitrogen and oxygen atoms in total. The number of hydrogen-bond donors (Lipinski definition) is 1. The van der Waals surface area contributed by atoms with Crippen LogP contribution in [0.25, 0.3) is 5.76 Å². The lowest BCUT2D eigenvalue weighted by atomic mass is 9.94. The number of hydrogen-bond acceptors (Lipinski definition) is 5. The smallest absolute Gasteiger partial charge is 0.295 e. The third-order valence-corrected chi connectivity index (χ3v) is 6.85. The van der Waals surface area contributed by atoms with E-state index < -0.39 is 23.5 Å². The Kier molecular flexibility index (Phi) is 7.06. The number of ether oxygens (including phenoxy) is 2. The molecule has 1 N–H and O–H groups in total. The van der Waals surface area contributed by atoms with Crippen molar-refractivity contribution in [2.75, 3.05) is 13.2 Å². The van der Waals surface area contributed by atoms with Gasteiger partial charge in [0.15, 0.2) is 0 Å². The molecule has 3 aromatic carbocycles. The molecule has 3 aromatic rings. The van der Waals surface area contributed by atoms with Crippen LogP contribution < -0.4 is 4.74 Å². The summed E-state index contributed by atoms with van der Waals surface area (Å²) in [5.74, 6) is -1.89. The number of carbonyl (C=O) groups is 2. The second-order valence-corrected chi connectivity index (χ2v) is 9.36. The van der Waals surface area contributed by atoms with E-state index in [2.05, 4.69) is 0 Å². The second-order valence-electron chi connectivity index (χ2n) is 9.36. The molecule has 0 aliphatic carbocycles. The van der Waals surface area contributed by atoms with E-state index in [4.69, 9.17) is 9.47 Å². The van der Waals surface area contributed by atoms with E-state index in [1.807, 2.05) is 37.3 Å². The number of nitrogens with zero attached hydrogens (tertiary/aromatic N) is 1. The van der Waals surface area contributed by atoms with Crippen LogP contribution in [0.1, 0.15) is 41.1 Å². The number of carbonyl (C=O) groups excluding carboxylic acids is 2. The normalized spacial score (nSPS) is 21.0. The van der Waals surface area contributed by atoms with Gasteiger partial charge in [-0.25, -0.2) is 4.39 Å². The molecule has 2 aliphatic heterocycles. The third-order valence-electron chi connectivity index (χ3n) is 6.85. The molecule has 2 saturated heterocycles. The fourth-order valence-electron chi connectivity index (χ4n) is 4.95. The molecule has 2 aliphatic rings. The van der Waals surface area contributed by atoms with Gasteiger partial charge in [0, 0.05) is 24.3 Å². The molecule has 0 spiro atoms. The Balaban J connectivity index is 1.50. The van der Waals surface area contributed by atoms with E-state index in [0.717, 1.165) is 24.0 Å². The van der Waals surface area contributed by atoms with Crippen molar-refractivity contribution < 1.29 is 28.6 Å². The van der Waals surface area contributed by atoms with Crippen LogP contribution in [0.5, 0.6) is 5.75 Å². The summed E-state index contributed by atoms with van der Waals surface area (Å²) in [6.07, 6.45) is 1.36. The fraction of sp³-hybridized carbons (Fsp3) is 0.267. The van der Waals surface area contributed by atoms with Crippen LogP contribution in [0.2, 0.25) is 0 Å². The Morgan fingerprint density at radius 2 is 1.84 bits per heavy atom. The van der Waals surface area contributed by atoms with Crippen LogP contribution >= 0.6 is 0 Å². The predicted octanol–water partition coefficient (Wildman–Crippen LogP) is 5.31. The molecule has 37 heavy (non-hydrogen) atoms. The van der Waals surface area contributed by atoms with Gasteiger partial charge in [0.25, 0.3) is 11.7 Å². The first kappa shape index (κ1) is 24.7. The molecule has 7 heteroatoms. The first-order chi connectivity index (χ1) is 17.9. The summed E-state index contributed by atoms with van der Waals surface area (Å²) in [6.45, 7) is 2.94. The van der Waals surface area contributed by atoms with Crippen molar-refractivity contribution in [1.29, 1.82) is 0 Å². The van der Waals surface area contributed by atoms with Crippen molar-refractivity contribution in [2.24, 2.45) is 0 Å². The van der Waals surface area contributed by atoms with Crippen molar-refractivity contribution in [3.63, 3.8) is 0 Å². The minimum Gasteiger partial charge on any atom is -0.507 e. The quantitative estimate of drug-likeness (QED) is 0.270. The predicted molar refractivity (Wildman–Crippen MR) is 136 cm³/mol. The molecule has 2 atom stereocenters. The van der Waals surface area contributed by atoms with Crippen molar-refractivity contribution in [2.45, 2.75) is 38.5 Å². The third kappa shape index (κ3) is 5.00. The summed E-state index contributed by atoms with van der Waals surface area (Å²) >= 11 is 0. The Morgan fingerprint density at radius 3 is 2.54 bits per heavy atom. The van der Waals surface area contributed by atoms with E-state index in [0.29, 0.717) is 24.5 Å². The van der Waals surface area contributed by atoms with Gasteiger partial charge in [0.05, 0.1) is 17.7 Å². The van der Waals surface area contributed by atoms with Crippen LogP contribution in [0.3, 0.4) is 0 Å². The highest BCUT2D eigenvalue weighted by atomic mass is 19.1. The van der Waals surface area contributed by atoms with Crippen molar-refractivity contribution in [3.05, 3.63) is 106 Å². The molecule has 2 fully saturated rings. The van der Waals surface area contributed by atoms with Gasteiger partial charge < -0.3 is 19.5 Å². The molecule has 2 heterocycles. The maximum atomic E-state index is 15.0. The zero-order chi connectivity index (χ0) is 25.9. The van der Waals surface area contributed by atoms with Crippen LogP contribution in [0, 0.1) is 12.7 Å². The van der Waals surface area contributed by atoms with Gasteiger partial charge in [-0.05, 0) is 55.2 Å². The summed E-state index contributed by atoms with van der Waals surface area (Å²) in [4.78, 5) is 27.6. The number of benzene rings is 3. The van der Waals surface area contributed by atoms with Gasteiger partial charge in [0.2, 0.25) is 0 Å². The molecule has 0 radical (unpaired) electrons. The Hall–Kier alpha value is -3.97. The summed E-state index contributed by atoms with van der Waals surface area (Å²) in [7, 11) is 0. The molecule has 0 saturated carbocycles. The lowest BCUT2D eigenvalue weighted by molar-refractivity contribution is -0.140. The lowest BCUT2D eigenvalue weighted by Crippen LogP contribution is -2.36.